The lowest BCUT2D eigenvalue weighted by Gasteiger charge is -2.08. The fraction of sp³-hybridized carbons (Fsp3) is 0.200. The number of aliphatic hydroxyl groups is 1. The molecule has 2 N–H and O–H groups in total. The molecule has 84 valence electrons. The van der Waals surface area contributed by atoms with Crippen molar-refractivity contribution in [2.75, 3.05) is 6.61 Å². The monoisotopic (exact) mass is 238 g/mol. The molecule has 2 rings (SSSR count). The molecular weight excluding hydrogens is 228 g/mol. The highest BCUT2D eigenvalue weighted by atomic mass is 32.1. The highest BCUT2D eigenvalue weighted by Gasteiger charge is 2.08. The van der Waals surface area contributed by atoms with E-state index in [4.69, 9.17) is 21.7 Å². The third-order valence-electron chi connectivity index (χ3n) is 2.13. The summed E-state index contributed by atoms with van der Waals surface area (Å²) in [6.45, 7) is 0.0687. The summed E-state index contributed by atoms with van der Waals surface area (Å²) in [5.41, 5.74) is 0.209. The van der Waals surface area contributed by atoms with Crippen LogP contribution >= 0.6 is 12.2 Å². The first kappa shape index (κ1) is 10.8. The van der Waals surface area contributed by atoms with Gasteiger partial charge in [0.15, 0.2) is 5.76 Å². The van der Waals surface area contributed by atoms with E-state index in [1.54, 1.807) is 18.2 Å². The van der Waals surface area contributed by atoms with E-state index in [2.05, 4.69) is 4.98 Å². The first-order valence-electron chi connectivity index (χ1n) is 4.71. The lowest BCUT2D eigenvalue weighted by Crippen LogP contribution is -2.25. The molecule has 2 aromatic heterocycles. The number of furan rings is 1. The van der Waals surface area contributed by atoms with E-state index in [-0.39, 0.29) is 18.8 Å². The Morgan fingerprint density at radius 1 is 1.56 bits per heavy atom. The molecule has 16 heavy (non-hydrogen) atoms. The van der Waals surface area contributed by atoms with Gasteiger partial charge in [0.2, 0.25) is 0 Å². The summed E-state index contributed by atoms with van der Waals surface area (Å²) in [5, 5.41) is 8.91. The Labute approximate surface area is 96.0 Å². The second-order valence-electron chi connectivity index (χ2n) is 3.18. The number of rotatable bonds is 3. The van der Waals surface area contributed by atoms with Crippen molar-refractivity contribution in [3.8, 4) is 11.5 Å². The number of hydrogen-bond acceptors (Lipinski definition) is 4. The van der Waals surface area contributed by atoms with Gasteiger partial charge in [-0.2, -0.15) is 0 Å². The van der Waals surface area contributed by atoms with Crippen LogP contribution in [0.3, 0.4) is 0 Å². The van der Waals surface area contributed by atoms with Crippen LogP contribution in [0.15, 0.2) is 33.7 Å². The van der Waals surface area contributed by atoms with Gasteiger partial charge in [0.25, 0.3) is 0 Å². The Morgan fingerprint density at radius 2 is 2.38 bits per heavy atom. The van der Waals surface area contributed by atoms with Crippen molar-refractivity contribution in [1.82, 2.24) is 9.55 Å². The minimum atomic E-state index is -0.354. The fourth-order valence-electron chi connectivity index (χ4n) is 1.47. The zero-order valence-corrected chi connectivity index (χ0v) is 9.16. The Hall–Kier alpha value is -1.66. The highest BCUT2D eigenvalue weighted by molar-refractivity contribution is 7.71. The van der Waals surface area contributed by atoms with Crippen LogP contribution in [-0.2, 0) is 6.54 Å². The van der Waals surface area contributed by atoms with Crippen molar-refractivity contribution in [2.45, 2.75) is 6.54 Å². The molecule has 0 aromatic carbocycles. The van der Waals surface area contributed by atoms with Gasteiger partial charge in [-0.1, -0.05) is 12.2 Å². The standard InChI is InChI=1S/C10H10N2O3S/c13-4-3-12-7(8-2-1-5-15-8)6-9(16)11-10(12)14/h1-2,5-6,13H,3-4H2,(H,11,14,16). The SMILES string of the molecule is O=c1[nH]c(=S)cc(-c2ccco2)n1CCO. The predicted molar refractivity (Wildman–Crippen MR) is 60.7 cm³/mol. The van der Waals surface area contributed by atoms with E-state index < -0.39 is 0 Å². The van der Waals surface area contributed by atoms with Crippen LogP contribution in [0.1, 0.15) is 0 Å². The van der Waals surface area contributed by atoms with Gasteiger partial charge < -0.3 is 9.52 Å². The molecule has 0 aliphatic carbocycles. The largest absolute Gasteiger partial charge is 0.463 e. The summed E-state index contributed by atoms with van der Waals surface area (Å²) < 4.78 is 6.94. The average molecular weight is 238 g/mol. The number of aromatic amines is 1. The average Bonchev–Trinajstić information content (AvgIpc) is 2.75. The quantitative estimate of drug-likeness (QED) is 0.787. The van der Waals surface area contributed by atoms with Crippen LogP contribution in [0.5, 0.6) is 0 Å². The molecule has 2 heterocycles. The lowest BCUT2D eigenvalue weighted by molar-refractivity contribution is 0.273. The Morgan fingerprint density at radius 3 is 3.00 bits per heavy atom. The van der Waals surface area contributed by atoms with Gasteiger partial charge in [-0.05, 0) is 12.1 Å². The van der Waals surface area contributed by atoms with Crippen LogP contribution in [0, 0.1) is 4.64 Å². The van der Waals surface area contributed by atoms with Crippen molar-refractivity contribution >= 4 is 12.2 Å². The molecular formula is C10H10N2O3S. The summed E-state index contributed by atoms with van der Waals surface area (Å²) in [5.74, 6) is 0.547. The third kappa shape index (κ3) is 1.98. The van der Waals surface area contributed by atoms with Crippen molar-refractivity contribution < 1.29 is 9.52 Å². The zero-order valence-electron chi connectivity index (χ0n) is 8.34. The zero-order chi connectivity index (χ0) is 11.5. The Balaban J connectivity index is 2.67. The normalized spacial score (nSPS) is 10.6. The molecule has 0 amide bonds. The fourth-order valence-corrected chi connectivity index (χ4v) is 1.67. The smallest absolute Gasteiger partial charge is 0.327 e. The summed E-state index contributed by atoms with van der Waals surface area (Å²) in [4.78, 5) is 14.1. The minimum absolute atomic E-state index is 0.127. The van der Waals surface area contributed by atoms with E-state index in [1.165, 1.54) is 10.8 Å². The molecule has 0 atom stereocenters. The summed E-state index contributed by atoms with van der Waals surface area (Å²) in [6.07, 6.45) is 1.52. The van der Waals surface area contributed by atoms with Crippen LogP contribution in [-0.4, -0.2) is 21.3 Å². The minimum Gasteiger partial charge on any atom is -0.463 e. The number of aliphatic hydroxyl groups excluding tert-OH is 1. The lowest BCUT2D eigenvalue weighted by atomic mass is 10.3. The molecule has 0 aliphatic rings. The number of nitrogens with one attached hydrogen (secondary N) is 1. The van der Waals surface area contributed by atoms with Crippen molar-refractivity contribution in [3.05, 3.63) is 39.6 Å². The van der Waals surface area contributed by atoms with Crippen molar-refractivity contribution in [1.29, 1.82) is 0 Å². The molecule has 0 radical (unpaired) electrons. The van der Waals surface area contributed by atoms with E-state index in [1.807, 2.05) is 0 Å². The Bertz CT molecular complexity index is 583. The first-order chi connectivity index (χ1) is 7.72. The molecule has 0 saturated carbocycles. The van der Waals surface area contributed by atoms with Crippen LogP contribution in [0.25, 0.3) is 11.5 Å². The Kier molecular flexibility index (Phi) is 3.02. The van der Waals surface area contributed by atoms with Crippen LogP contribution in [0.4, 0.5) is 0 Å². The summed E-state index contributed by atoms with van der Waals surface area (Å²) in [6, 6.07) is 5.09. The second-order valence-corrected chi connectivity index (χ2v) is 3.62. The van der Waals surface area contributed by atoms with E-state index in [9.17, 15) is 4.79 Å². The van der Waals surface area contributed by atoms with Gasteiger partial charge in [-0.25, -0.2) is 4.79 Å². The topological polar surface area (TPSA) is 71.2 Å². The van der Waals surface area contributed by atoms with Gasteiger partial charge in [0.1, 0.15) is 4.64 Å². The maximum Gasteiger partial charge on any atom is 0.327 e. The second kappa shape index (κ2) is 4.46. The first-order valence-corrected chi connectivity index (χ1v) is 5.12. The molecule has 0 bridgehead atoms. The number of hydrogen-bond donors (Lipinski definition) is 2. The van der Waals surface area contributed by atoms with E-state index in [0.717, 1.165) is 0 Å². The molecule has 0 unspecified atom stereocenters. The van der Waals surface area contributed by atoms with E-state index >= 15 is 0 Å². The summed E-state index contributed by atoms with van der Waals surface area (Å²) >= 11 is 4.93. The van der Waals surface area contributed by atoms with Gasteiger partial charge in [-0.3, -0.25) is 9.55 Å². The molecule has 2 aromatic rings. The maximum atomic E-state index is 11.6. The van der Waals surface area contributed by atoms with Crippen LogP contribution in [0.2, 0.25) is 0 Å². The van der Waals surface area contributed by atoms with Gasteiger partial charge >= 0.3 is 5.69 Å². The molecule has 5 nitrogen and oxygen atoms in total. The number of nitrogens with zero attached hydrogens (tertiary/aromatic N) is 1. The third-order valence-corrected chi connectivity index (χ3v) is 2.35. The molecule has 0 aliphatic heterocycles. The summed E-state index contributed by atoms with van der Waals surface area (Å²) in [7, 11) is 0. The van der Waals surface area contributed by atoms with Crippen molar-refractivity contribution in [2.24, 2.45) is 0 Å². The predicted octanol–water partition coefficient (Wildman–Crippen LogP) is 1.16. The number of H-pyrrole nitrogens is 1. The highest BCUT2D eigenvalue weighted by Crippen LogP contribution is 2.17. The van der Waals surface area contributed by atoms with E-state index in [0.29, 0.717) is 16.1 Å². The van der Waals surface area contributed by atoms with Gasteiger partial charge in [0.05, 0.1) is 25.1 Å². The number of aromatic nitrogens is 2. The molecule has 0 spiro atoms. The van der Waals surface area contributed by atoms with Gasteiger partial charge in [0, 0.05) is 6.07 Å². The molecule has 6 heteroatoms. The molecule has 0 saturated heterocycles. The van der Waals surface area contributed by atoms with Crippen molar-refractivity contribution in [3.63, 3.8) is 0 Å². The maximum absolute atomic E-state index is 11.6. The van der Waals surface area contributed by atoms with Gasteiger partial charge in [-0.15, -0.1) is 0 Å². The molecule has 0 fully saturated rings. The van der Waals surface area contributed by atoms with Crippen LogP contribution < -0.4 is 5.69 Å².